The lowest BCUT2D eigenvalue weighted by molar-refractivity contribution is 0.0467. The molecule has 8 heteroatoms. The number of aryl methyl sites for hydroxylation is 1. The van der Waals surface area contributed by atoms with Crippen molar-refractivity contribution in [3.63, 3.8) is 0 Å². The van der Waals surface area contributed by atoms with Crippen LogP contribution in [0.15, 0.2) is 35.1 Å². The topological polar surface area (TPSA) is 118 Å². The fourth-order valence-corrected chi connectivity index (χ4v) is 3.13. The van der Waals surface area contributed by atoms with Gasteiger partial charge in [0.05, 0.1) is 17.9 Å². The number of ether oxygens (including phenoxy) is 2. The molecule has 0 aliphatic rings. The van der Waals surface area contributed by atoms with E-state index in [1.54, 1.807) is 45.0 Å². The van der Waals surface area contributed by atoms with E-state index in [1.807, 2.05) is 0 Å². The lowest BCUT2D eigenvalue weighted by Gasteiger charge is -2.06. The van der Waals surface area contributed by atoms with E-state index in [4.69, 9.17) is 9.47 Å². The van der Waals surface area contributed by atoms with E-state index in [0.717, 1.165) is 6.07 Å². The number of ketones is 1. The van der Waals surface area contributed by atoms with Gasteiger partial charge in [0.1, 0.15) is 5.69 Å². The summed E-state index contributed by atoms with van der Waals surface area (Å²) in [4.78, 5) is 54.6. The van der Waals surface area contributed by atoms with Gasteiger partial charge in [-0.3, -0.25) is 9.59 Å². The zero-order valence-corrected chi connectivity index (χ0v) is 16.3. The molecule has 0 aliphatic heterocycles. The fraction of sp³-hybridized carbons (Fsp3) is 0.238. The largest absolute Gasteiger partial charge is 0.462 e. The average Bonchev–Trinajstić information content (AvgIpc) is 3.00. The van der Waals surface area contributed by atoms with Crippen molar-refractivity contribution >= 4 is 28.6 Å². The molecule has 2 aromatic heterocycles. The van der Waals surface area contributed by atoms with Crippen molar-refractivity contribution in [1.82, 2.24) is 9.97 Å². The second kappa shape index (κ2) is 8.14. The number of hydrogen-bond donors (Lipinski definition) is 2. The van der Waals surface area contributed by atoms with E-state index in [-0.39, 0.29) is 23.4 Å². The lowest BCUT2D eigenvalue weighted by Crippen LogP contribution is -2.18. The first-order chi connectivity index (χ1) is 13.8. The van der Waals surface area contributed by atoms with Crippen molar-refractivity contribution in [1.29, 1.82) is 0 Å². The van der Waals surface area contributed by atoms with Crippen LogP contribution in [0.25, 0.3) is 10.9 Å². The Morgan fingerprint density at radius 2 is 1.72 bits per heavy atom. The average molecular weight is 396 g/mol. The molecule has 8 nitrogen and oxygen atoms in total. The number of Topliss-reactive ketones (excluding diaryl/α,β-unsaturated/α-hetero) is 1. The predicted octanol–water partition coefficient (Wildman–Crippen LogP) is 2.69. The van der Waals surface area contributed by atoms with Gasteiger partial charge in [-0.05, 0) is 38.5 Å². The molecule has 2 N–H and O–H groups in total. The molecule has 0 atom stereocenters. The molecule has 0 unspecified atom stereocenters. The lowest BCUT2D eigenvalue weighted by atomic mass is 10.1. The molecular formula is C21H20N2O6. The third-order valence-corrected chi connectivity index (χ3v) is 4.49. The fourth-order valence-electron chi connectivity index (χ4n) is 3.13. The number of esters is 2. The van der Waals surface area contributed by atoms with Gasteiger partial charge in [-0.15, -0.1) is 0 Å². The molecule has 0 saturated heterocycles. The molecule has 3 rings (SSSR count). The van der Waals surface area contributed by atoms with Crippen LogP contribution in [-0.4, -0.2) is 40.9 Å². The minimum atomic E-state index is -0.826. The molecular weight excluding hydrogens is 376 g/mol. The summed E-state index contributed by atoms with van der Waals surface area (Å²) in [6.07, 6.45) is 0. The van der Waals surface area contributed by atoms with Gasteiger partial charge in [0.15, 0.2) is 12.0 Å². The number of rotatable bonds is 6. The van der Waals surface area contributed by atoms with Gasteiger partial charge in [-0.1, -0.05) is 12.1 Å². The number of para-hydroxylation sites is 1. The number of carbonyl (C=O) groups excluding carboxylic acids is 3. The highest BCUT2D eigenvalue weighted by Gasteiger charge is 2.23. The third-order valence-electron chi connectivity index (χ3n) is 4.49. The molecule has 3 aromatic rings. The number of fused-ring (bicyclic) bond motifs is 1. The molecule has 0 radical (unpaired) electrons. The summed E-state index contributed by atoms with van der Waals surface area (Å²) in [5, 5.41) is 0.448. The Labute approximate surface area is 165 Å². The van der Waals surface area contributed by atoms with E-state index in [1.165, 1.54) is 0 Å². The van der Waals surface area contributed by atoms with Crippen molar-refractivity contribution in [2.24, 2.45) is 0 Å². The molecule has 0 aliphatic carbocycles. The SMILES string of the molecule is CCOC(=O)c1c(C)[nH]c(C(=O)COC(=O)c2cc(=O)c3ccccc3[nH]2)c1C. The molecule has 0 saturated carbocycles. The Balaban J connectivity index is 1.76. The first-order valence-corrected chi connectivity index (χ1v) is 9.02. The molecule has 29 heavy (non-hydrogen) atoms. The Kier molecular flexibility index (Phi) is 5.63. The summed E-state index contributed by atoms with van der Waals surface area (Å²) in [7, 11) is 0. The van der Waals surface area contributed by atoms with Crippen molar-refractivity contribution in [2.75, 3.05) is 13.2 Å². The zero-order valence-electron chi connectivity index (χ0n) is 16.3. The predicted molar refractivity (Wildman–Crippen MR) is 105 cm³/mol. The maximum Gasteiger partial charge on any atom is 0.355 e. The summed E-state index contributed by atoms with van der Waals surface area (Å²) >= 11 is 0. The smallest absolute Gasteiger partial charge is 0.355 e. The Bertz CT molecular complexity index is 1170. The van der Waals surface area contributed by atoms with Crippen LogP contribution in [0.4, 0.5) is 0 Å². The van der Waals surface area contributed by atoms with E-state index < -0.39 is 24.3 Å². The van der Waals surface area contributed by atoms with E-state index >= 15 is 0 Å². The van der Waals surface area contributed by atoms with Gasteiger partial charge in [0, 0.05) is 22.7 Å². The van der Waals surface area contributed by atoms with Crippen molar-refractivity contribution < 1.29 is 23.9 Å². The van der Waals surface area contributed by atoms with Gasteiger partial charge in [-0.25, -0.2) is 9.59 Å². The second-order valence-electron chi connectivity index (χ2n) is 6.44. The first kappa shape index (κ1) is 20.1. The van der Waals surface area contributed by atoms with E-state index in [2.05, 4.69) is 9.97 Å². The minimum absolute atomic E-state index is 0.0481. The number of nitrogens with one attached hydrogen (secondary N) is 2. The molecule has 0 spiro atoms. The van der Waals surface area contributed by atoms with Gasteiger partial charge in [0.2, 0.25) is 5.78 Å². The maximum absolute atomic E-state index is 12.5. The van der Waals surface area contributed by atoms with Crippen LogP contribution < -0.4 is 5.43 Å². The molecule has 0 fully saturated rings. The highest BCUT2D eigenvalue weighted by molar-refractivity contribution is 6.03. The number of carbonyl (C=O) groups is 3. The molecule has 150 valence electrons. The number of pyridine rings is 1. The van der Waals surface area contributed by atoms with E-state index in [9.17, 15) is 19.2 Å². The Morgan fingerprint density at radius 1 is 1.00 bits per heavy atom. The highest BCUT2D eigenvalue weighted by Crippen LogP contribution is 2.20. The first-order valence-electron chi connectivity index (χ1n) is 9.02. The van der Waals surface area contributed by atoms with Gasteiger partial charge in [-0.2, -0.15) is 0 Å². The van der Waals surface area contributed by atoms with Crippen LogP contribution >= 0.6 is 0 Å². The van der Waals surface area contributed by atoms with Crippen LogP contribution in [0.3, 0.4) is 0 Å². The number of benzene rings is 1. The maximum atomic E-state index is 12.5. The Hall–Kier alpha value is -3.68. The molecule has 1 aromatic carbocycles. The monoisotopic (exact) mass is 396 g/mol. The standard InChI is InChI=1S/C21H20N2O6/c1-4-28-21(27)18-11(2)19(22-12(18)3)17(25)10-29-20(26)15-9-16(24)13-7-5-6-8-14(13)23-15/h5-9,22H,4,10H2,1-3H3,(H,23,24). The normalized spacial score (nSPS) is 10.7. The van der Waals surface area contributed by atoms with E-state index in [0.29, 0.717) is 27.7 Å². The molecule has 2 heterocycles. The summed E-state index contributed by atoms with van der Waals surface area (Å²) in [5.74, 6) is -1.85. The molecule has 0 amide bonds. The minimum Gasteiger partial charge on any atom is -0.462 e. The summed E-state index contributed by atoms with van der Waals surface area (Å²) in [6, 6.07) is 7.90. The second-order valence-corrected chi connectivity index (χ2v) is 6.44. The zero-order chi connectivity index (χ0) is 21.1. The van der Waals surface area contributed by atoms with Crippen LogP contribution in [0, 0.1) is 13.8 Å². The van der Waals surface area contributed by atoms with Crippen LogP contribution in [0.1, 0.15) is 49.5 Å². The Morgan fingerprint density at radius 3 is 2.45 bits per heavy atom. The van der Waals surface area contributed by atoms with Gasteiger partial charge >= 0.3 is 11.9 Å². The summed E-state index contributed by atoms with van der Waals surface area (Å²) < 4.78 is 10.1. The van der Waals surface area contributed by atoms with Gasteiger partial charge < -0.3 is 19.4 Å². The van der Waals surface area contributed by atoms with Crippen LogP contribution in [0.5, 0.6) is 0 Å². The molecule has 0 bridgehead atoms. The number of hydrogen-bond acceptors (Lipinski definition) is 6. The number of aromatic nitrogens is 2. The van der Waals surface area contributed by atoms with Crippen molar-refractivity contribution in [2.45, 2.75) is 20.8 Å². The number of H-pyrrole nitrogens is 2. The van der Waals surface area contributed by atoms with Gasteiger partial charge in [0.25, 0.3) is 0 Å². The van der Waals surface area contributed by atoms with Crippen molar-refractivity contribution in [3.05, 3.63) is 68.8 Å². The van der Waals surface area contributed by atoms with Crippen molar-refractivity contribution in [3.8, 4) is 0 Å². The summed E-state index contributed by atoms with van der Waals surface area (Å²) in [6.45, 7) is 4.63. The van der Waals surface area contributed by atoms with Crippen LogP contribution in [-0.2, 0) is 9.47 Å². The van der Waals surface area contributed by atoms with Crippen LogP contribution in [0.2, 0.25) is 0 Å². The summed E-state index contributed by atoms with van der Waals surface area (Å²) in [5.41, 5.74) is 1.51. The highest BCUT2D eigenvalue weighted by atomic mass is 16.5. The number of aromatic amines is 2. The quantitative estimate of drug-likeness (QED) is 0.488. The third kappa shape index (κ3) is 3.96.